The van der Waals surface area contributed by atoms with Crippen molar-refractivity contribution in [2.45, 2.75) is 11.8 Å². The smallest absolute Gasteiger partial charge is 0.335 e. The van der Waals surface area contributed by atoms with Gasteiger partial charge in [0.25, 0.3) is 10.0 Å². The molecule has 0 heterocycles. The predicted octanol–water partition coefficient (Wildman–Crippen LogP) is 3.80. The molecule has 116 valence electrons. The van der Waals surface area contributed by atoms with Crippen LogP contribution in [0.25, 0.3) is 0 Å². The minimum atomic E-state index is -3.97. The van der Waals surface area contributed by atoms with E-state index in [1.165, 1.54) is 36.4 Å². The van der Waals surface area contributed by atoms with Crippen molar-refractivity contribution in [2.24, 2.45) is 0 Å². The summed E-state index contributed by atoms with van der Waals surface area (Å²) in [6, 6.07) is 8.29. The van der Waals surface area contributed by atoms with Crippen molar-refractivity contribution >= 4 is 44.9 Å². The second-order valence-corrected chi connectivity index (χ2v) is 6.99. The molecule has 2 rings (SSSR count). The van der Waals surface area contributed by atoms with Gasteiger partial charge in [-0.25, -0.2) is 13.2 Å². The second-order valence-electron chi connectivity index (χ2n) is 4.53. The third-order valence-corrected chi connectivity index (χ3v) is 5.04. The standard InChI is InChI=1S/C14H11Cl2NO4S/c1-8-5-10(15)7-12(16)13(8)22(20,21)17-11-4-2-3-9(6-11)14(18)19/h2-7,17H,1H3,(H,18,19). The first-order valence-electron chi connectivity index (χ1n) is 6.02. The fraction of sp³-hybridized carbons (Fsp3) is 0.0714. The van der Waals surface area contributed by atoms with Gasteiger partial charge in [-0.05, 0) is 42.8 Å². The van der Waals surface area contributed by atoms with Gasteiger partial charge in [0, 0.05) is 10.7 Å². The number of carbonyl (C=O) groups is 1. The first-order valence-corrected chi connectivity index (χ1v) is 8.26. The molecule has 2 aromatic carbocycles. The van der Waals surface area contributed by atoms with Crippen LogP contribution in [0.2, 0.25) is 10.0 Å². The quantitative estimate of drug-likeness (QED) is 0.869. The lowest BCUT2D eigenvalue weighted by Gasteiger charge is -2.12. The number of benzene rings is 2. The normalized spacial score (nSPS) is 11.2. The molecule has 0 saturated carbocycles. The lowest BCUT2D eigenvalue weighted by atomic mass is 10.2. The average molecular weight is 360 g/mol. The van der Waals surface area contributed by atoms with Crippen molar-refractivity contribution in [1.82, 2.24) is 0 Å². The van der Waals surface area contributed by atoms with Gasteiger partial charge in [0.1, 0.15) is 4.90 Å². The van der Waals surface area contributed by atoms with Crippen LogP contribution in [-0.4, -0.2) is 19.5 Å². The first-order chi connectivity index (χ1) is 10.2. The van der Waals surface area contributed by atoms with Gasteiger partial charge in [0.15, 0.2) is 0 Å². The number of anilines is 1. The maximum absolute atomic E-state index is 12.4. The Morgan fingerprint density at radius 2 is 1.86 bits per heavy atom. The molecule has 0 aliphatic carbocycles. The van der Waals surface area contributed by atoms with E-state index in [0.717, 1.165) is 0 Å². The van der Waals surface area contributed by atoms with Crippen LogP contribution >= 0.6 is 23.2 Å². The number of carboxylic acid groups (broad SMARTS) is 1. The van der Waals surface area contributed by atoms with E-state index in [0.29, 0.717) is 10.6 Å². The minimum Gasteiger partial charge on any atom is -0.478 e. The topological polar surface area (TPSA) is 83.5 Å². The molecule has 2 aromatic rings. The molecule has 2 N–H and O–H groups in total. The molecule has 0 unspecified atom stereocenters. The summed E-state index contributed by atoms with van der Waals surface area (Å²) in [5, 5.41) is 9.25. The third-order valence-electron chi connectivity index (χ3n) is 2.82. The lowest BCUT2D eigenvalue weighted by Crippen LogP contribution is -2.15. The molecule has 5 nitrogen and oxygen atoms in total. The van der Waals surface area contributed by atoms with Crippen molar-refractivity contribution < 1.29 is 18.3 Å². The van der Waals surface area contributed by atoms with E-state index >= 15 is 0 Å². The number of halogens is 2. The van der Waals surface area contributed by atoms with Crippen LogP contribution in [0.3, 0.4) is 0 Å². The van der Waals surface area contributed by atoms with Gasteiger partial charge in [0.2, 0.25) is 0 Å². The molecule has 0 bridgehead atoms. The molecule has 0 aliphatic rings. The van der Waals surface area contributed by atoms with Gasteiger partial charge in [-0.15, -0.1) is 0 Å². The first kappa shape index (κ1) is 16.6. The number of hydrogen-bond donors (Lipinski definition) is 2. The monoisotopic (exact) mass is 359 g/mol. The number of sulfonamides is 1. The van der Waals surface area contributed by atoms with Gasteiger partial charge >= 0.3 is 5.97 Å². The molecule has 0 amide bonds. The fourth-order valence-corrected chi connectivity index (χ4v) is 4.19. The van der Waals surface area contributed by atoms with E-state index < -0.39 is 16.0 Å². The maximum Gasteiger partial charge on any atom is 0.335 e. The number of carboxylic acids is 1. The number of aromatic carboxylic acids is 1. The Balaban J connectivity index is 2.45. The Labute approximate surface area is 137 Å². The Bertz CT molecular complexity index is 827. The van der Waals surface area contributed by atoms with Gasteiger partial charge in [0.05, 0.1) is 10.6 Å². The summed E-state index contributed by atoms with van der Waals surface area (Å²) in [6.07, 6.45) is 0. The van der Waals surface area contributed by atoms with Crippen LogP contribution in [0.4, 0.5) is 5.69 Å². The van der Waals surface area contributed by atoms with E-state index in [-0.39, 0.29) is 21.2 Å². The van der Waals surface area contributed by atoms with E-state index in [2.05, 4.69) is 4.72 Å². The zero-order chi connectivity index (χ0) is 16.5. The van der Waals surface area contributed by atoms with E-state index in [9.17, 15) is 13.2 Å². The van der Waals surface area contributed by atoms with Gasteiger partial charge in [-0.3, -0.25) is 4.72 Å². The minimum absolute atomic E-state index is 0.00751. The van der Waals surface area contributed by atoms with Crippen LogP contribution in [0.15, 0.2) is 41.3 Å². The van der Waals surface area contributed by atoms with Crippen molar-refractivity contribution in [1.29, 1.82) is 0 Å². The molecule has 22 heavy (non-hydrogen) atoms. The zero-order valence-electron chi connectivity index (χ0n) is 11.3. The summed E-state index contributed by atoms with van der Waals surface area (Å²) in [6.45, 7) is 1.57. The number of nitrogens with one attached hydrogen (secondary N) is 1. The Hall–Kier alpha value is -1.76. The molecule has 0 fully saturated rings. The Kier molecular flexibility index (Phi) is 4.65. The summed E-state index contributed by atoms with van der Waals surface area (Å²) >= 11 is 11.8. The number of hydrogen-bond acceptors (Lipinski definition) is 3. The number of aryl methyl sites for hydroxylation is 1. The van der Waals surface area contributed by atoms with Crippen molar-refractivity contribution in [2.75, 3.05) is 4.72 Å². The molecular weight excluding hydrogens is 349 g/mol. The Morgan fingerprint density at radius 1 is 1.18 bits per heavy atom. The van der Waals surface area contributed by atoms with E-state index in [1.807, 2.05) is 0 Å². The third kappa shape index (κ3) is 3.52. The molecule has 0 aliphatic heterocycles. The molecule has 8 heteroatoms. The molecule has 0 atom stereocenters. The van der Waals surface area contributed by atoms with Gasteiger partial charge < -0.3 is 5.11 Å². The van der Waals surface area contributed by atoms with E-state index in [1.54, 1.807) is 6.92 Å². The second kappa shape index (κ2) is 6.16. The van der Waals surface area contributed by atoms with Crippen LogP contribution in [-0.2, 0) is 10.0 Å². The van der Waals surface area contributed by atoms with Crippen LogP contribution in [0.5, 0.6) is 0 Å². The predicted molar refractivity (Wildman–Crippen MR) is 85.4 cm³/mol. The number of rotatable bonds is 4. The highest BCUT2D eigenvalue weighted by Crippen LogP contribution is 2.30. The highest BCUT2D eigenvalue weighted by molar-refractivity contribution is 7.92. The highest BCUT2D eigenvalue weighted by atomic mass is 35.5. The van der Waals surface area contributed by atoms with E-state index in [4.69, 9.17) is 28.3 Å². The summed E-state index contributed by atoms with van der Waals surface area (Å²) < 4.78 is 27.2. The van der Waals surface area contributed by atoms with Crippen molar-refractivity contribution in [3.63, 3.8) is 0 Å². The molecule has 0 radical (unpaired) electrons. The van der Waals surface area contributed by atoms with Crippen molar-refractivity contribution in [3.05, 3.63) is 57.6 Å². The van der Waals surface area contributed by atoms with Crippen LogP contribution in [0.1, 0.15) is 15.9 Å². The van der Waals surface area contributed by atoms with Crippen LogP contribution < -0.4 is 4.72 Å². The van der Waals surface area contributed by atoms with Crippen LogP contribution in [0, 0.1) is 6.92 Å². The fourth-order valence-electron chi connectivity index (χ4n) is 1.95. The van der Waals surface area contributed by atoms with Gasteiger partial charge in [-0.1, -0.05) is 29.3 Å². The SMILES string of the molecule is Cc1cc(Cl)cc(Cl)c1S(=O)(=O)Nc1cccc(C(=O)O)c1. The lowest BCUT2D eigenvalue weighted by molar-refractivity contribution is 0.0697. The molecule has 0 spiro atoms. The molecule has 0 saturated heterocycles. The molecular formula is C14H11Cl2NO4S. The summed E-state index contributed by atoms with van der Waals surface area (Å²) in [4.78, 5) is 10.8. The summed E-state index contributed by atoms with van der Waals surface area (Å²) in [5.41, 5.74) is 0.490. The molecule has 0 aromatic heterocycles. The van der Waals surface area contributed by atoms with Gasteiger partial charge in [-0.2, -0.15) is 0 Å². The van der Waals surface area contributed by atoms with Crippen molar-refractivity contribution in [3.8, 4) is 0 Å². The summed E-state index contributed by atoms with van der Waals surface area (Å²) in [5.74, 6) is -1.15. The maximum atomic E-state index is 12.4. The largest absolute Gasteiger partial charge is 0.478 e. The Morgan fingerprint density at radius 3 is 2.45 bits per heavy atom. The average Bonchev–Trinajstić information content (AvgIpc) is 2.36. The zero-order valence-corrected chi connectivity index (χ0v) is 13.6. The summed E-state index contributed by atoms with van der Waals surface area (Å²) in [7, 11) is -3.97. The highest BCUT2D eigenvalue weighted by Gasteiger charge is 2.21.